The second-order valence-electron chi connectivity index (χ2n) is 6.04. The first-order valence-corrected chi connectivity index (χ1v) is 8.92. The molecule has 0 bridgehead atoms. The zero-order chi connectivity index (χ0) is 16.5. The largest absolute Gasteiger partial charge is 0.368 e. The number of nitrogen functional groups attached to an aromatic ring is 1. The molecule has 0 aliphatic heterocycles. The molecule has 4 rings (SSSR count). The van der Waals surface area contributed by atoms with Gasteiger partial charge in [-0.1, -0.05) is 22.0 Å². The van der Waals surface area contributed by atoms with Gasteiger partial charge in [0.05, 0.1) is 17.9 Å². The summed E-state index contributed by atoms with van der Waals surface area (Å²) in [6, 6.07) is 8.25. The van der Waals surface area contributed by atoms with Crippen molar-refractivity contribution in [2.75, 3.05) is 11.1 Å². The summed E-state index contributed by atoms with van der Waals surface area (Å²) >= 11 is 3.51. The van der Waals surface area contributed by atoms with Crippen molar-refractivity contribution in [1.29, 1.82) is 0 Å². The predicted molar refractivity (Wildman–Crippen MR) is 99.9 cm³/mol. The Morgan fingerprint density at radius 1 is 1.12 bits per heavy atom. The molecule has 2 heterocycles. The lowest BCUT2D eigenvalue weighted by molar-refractivity contribution is 0.665. The Balaban J connectivity index is 1.65. The van der Waals surface area contributed by atoms with Gasteiger partial charge in [0, 0.05) is 21.6 Å². The lowest BCUT2D eigenvalue weighted by atomic mass is 9.96. The maximum atomic E-state index is 5.88. The van der Waals surface area contributed by atoms with E-state index in [1.165, 1.54) is 23.8 Å². The fraction of sp³-hybridized carbons (Fsp3) is 0.278. The van der Waals surface area contributed by atoms with Crippen LogP contribution in [0.3, 0.4) is 0 Å². The van der Waals surface area contributed by atoms with Crippen LogP contribution >= 0.6 is 15.9 Å². The number of nitrogens with two attached hydrogens (primary N) is 1. The van der Waals surface area contributed by atoms with Gasteiger partial charge in [-0.15, -0.1) is 0 Å². The molecule has 24 heavy (non-hydrogen) atoms. The van der Waals surface area contributed by atoms with E-state index in [1.54, 1.807) is 0 Å². The summed E-state index contributed by atoms with van der Waals surface area (Å²) in [5.74, 6) is 1.20. The zero-order valence-corrected chi connectivity index (χ0v) is 14.8. The van der Waals surface area contributed by atoms with Crippen molar-refractivity contribution in [3.05, 3.63) is 51.9 Å². The van der Waals surface area contributed by atoms with Crippen LogP contribution in [-0.2, 0) is 19.4 Å². The van der Waals surface area contributed by atoms with E-state index in [1.807, 2.05) is 18.3 Å². The van der Waals surface area contributed by atoms with Gasteiger partial charge in [-0.3, -0.25) is 4.98 Å². The summed E-state index contributed by atoms with van der Waals surface area (Å²) in [6.07, 6.45) is 6.18. The van der Waals surface area contributed by atoms with E-state index in [0.29, 0.717) is 12.5 Å². The first-order chi connectivity index (χ1) is 11.7. The fourth-order valence-electron chi connectivity index (χ4n) is 3.28. The Morgan fingerprint density at radius 2 is 2.00 bits per heavy atom. The molecule has 122 valence electrons. The molecule has 0 spiro atoms. The van der Waals surface area contributed by atoms with Crippen LogP contribution < -0.4 is 11.1 Å². The number of rotatable bonds is 3. The molecule has 5 nitrogen and oxygen atoms in total. The molecular weight excluding hydrogens is 366 g/mol. The Morgan fingerprint density at radius 3 is 2.92 bits per heavy atom. The number of hydrogen-bond acceptors (Lipinski definition) is 5. The third-order valence-corrected chi connectivity index (χ3v) is 4.93. The van der Waals surface area contributed by atoms with E-state index >= 15 is 0 Å². The normalized spacial score (nSPS) is 13.7. The number of nitrogens with one attached hydrogen (secondary N) is 1. The van der Waals surface area contributed by atoms with Crippen LogP contribution in [0.4, 0.5) is 11.8 Å². The van der Waals surface area contributed by atoms with Gasteiger partial charge in [-0.25, -0.2) is 4.98 Å². The Bertz CT molecular complexity index is 909. The number of aryl methyl sites for hydroxylation is 1. The molecule has 3 aromatic rings. The number of fused-ring (bicyclic) bond motifs is 2. The lowest BCUT2D eigenvalue weighted by Crippen LogP contribution is -2.14. The number of aromatic nitrogens is 3. The summed E-state index contributed by atoms with van der Waals surface area (Å²) in [7, 11) is 0. The molecule has 0 unspecified atom stereocenters. The van der Waals surface area contributed by atoms with Crippen molar-refractivity contribution >= 4 is 38.5 Å². The molecule has 1 aliphatic rings. The van der Waals surface area contributed by atoms with E-state index in [4.69, 9.17) is 5.73 Å². The minimum Gasteiger partial charge on any atom is -0.368 e. The first kappa shape index (κ1) is 15.3. The molecule has 0 saturated heterocycles. The van der Waals surface area contributed by atoms with E-state index in [9.17, 15) is 0 Å². The van der Waals surface area contributed by atoms with Gasteiger partial charge in [0.2, 0.25) is 5.95 Å². The summed E-state index contributed by atoms with van der Waals surface area (Å²) in [4.78, 5) is 13.3. The molecule has 1 aliphatic carbocycles. The molecule has 0 atom stereocenters. The molecule has 0 saturated carbocycles. The minimum absolute atomic E-state index is 0.341. The van der Waals surface area contributed by atoms with Crippen LogP contribution in [0.2, 0.25) is 0 Å². The summed E-state index contributed by atoms with van der Waals surface area (Å²) < 4.78 is 1.07. The second kappa shape index (κ2) is 6.36. The maximum absolute atomic E-state index is 5.88. The Kier molecular flexibility index (Phi) is 4.06. The number of hydrogen-bond donors (Lipinski definition) is 2. The van der Waals surface area contributed by atoms with Gasteiger partial charge in [0.25, 0.3) is 0 Å². The van der Waals surface area contributed by atoms with Gasteiger partial charge in [-0.05, 0) is 49.3 Å². The van der Waals surface area contributed by atoms with Gasteiger partial charge in [0.15, 0.2) is 0 Å². The highest BCUT2D eigenvalue weighted by molar-refractivity contribution is 9.10. The van der Waals surface area contributed by atoms with E-state index in [-0.39, 0.29) is 0 Å². The van der Waals surface area contributed by atoms with Crippen molar-refractivity contribution in [2.24, 2.45) is 0 Å². The third kappa shape index (κ3) is 2.94. The highest BCUT2D eigenvalue weighted by atomic mass is 79.9. The molecule has 3 N–H and O–H groups in total. The van der Waals surface area contributed by atoms with Crippen molar-refractivity contribution in [1.82, 2.24) is 15.0 Å². The van der Waals surface area contributed by atoms with Crippen LogP contribution in [0.5, 0.6) is 0 Å². The smallest absolute Gasteiger partial charge is 0.222 e. The Hall–Kier alpha value is -2.21. The third-order valence-electron chi connectivity index (χ3n) is 4.43. The second-order valence-corrected chi connectivity index (χ2v) is 6.96. The topological polar surface area (TPSA) is 76.7 Å². The molecule has 0 fully saturated rings. The highest BCUT2D eigenvalue weighted by Crippen LogP contribution is 2.27. The number of anilines is 2. The number of benzene rings is 1. The Labute approximate surface area is 148 Å². The molecule has 2 aromatic heterocycles. The maximum Gasteiger partial charge on any atom is 0.222 e. The average Bonchev–Trinajstić information content (AvgIpc) is 2.59. The van der Waals surface area contributed by atoms with Crippen molar-refractivity contribution in [2.45, 2.75) is 32.2 Å². The van der Waals surface area contributed by atoms with Crippen molar-refractivity contribution < 1.29 is 0 Å². The number of pyridine rings is 1. The van der Waals surface area contributed by atoms with Crippen molar-refractivity contribution in [3.8, 4) is 0 Å². The van der Waals surface area contributed by atoms with Crippen LogP contribution in [0.15, 0.2) is 34.9 Å². The van der Waals surface area contributed by atoms with Crippen molar-refractivity contribution in [3.63, 3.8) is 0 Å². The predicted octanol–water partition coefficient (Wildman–Crippen LogP) is 3.86. The number of nitrogens with zero attached hydrogens (tertiary/aromatic N) is 3. The van der Waals surface area contributed by atoms with E-state index < -0.39 is 0 Å². The lowest BCUT2D eigenvalue weighted by Gasteiger charge is -2.19. The molecule has 6 heteroatoms. The first-order valence-electron chi connectivity index (χ1n) is 8.13. The highest BCUT2D eigenvalue weighted by Gasteiger charge is 2.17. The van der Waals surface area contributed by atoms with E-state index in [2.05, 4.69) is 48.3 Å². The van der Waals surface area contributed by atoms with Gasteiger partial charge in [-0.2, -0.15) is 4.98 Å². The fourth-order valence-corrected chi connectivity index (χ4v) is 3.66. The summed E-state index contributed by atoms with van der Waals surface area (Å²) in [6.45, 7) is 0.613. The summed E-state index contributed by atoms with van der Waals surface area (Å²) in [5, 5.41) is 5.74. The zero-order valence-electron chi connectivity index (χ0n) is 13.2. The average molecular weight is 384 g/mol. The molecule has 1 aromatic carbocycles. The van der Waals surface area contributed by atoms with Gasteiger partial charge < -0.3 is 11.1 Å². The quantitative estimate of drug-likeness (QED) is 0.717. The van der Waals surface area contributed by atoms with E-state index in [0.717, 1.165) is 39.9 Å². The van der Waals surface area contributed by atoms with Crippen LogP contribution in [-0.4, -0.2) is 15.0 Å². The SMILES string of the molecule is Nc1nc2c(c(NCc3nccc4cc(Br)ccc34)n1)CCCC2. The van der Waals surface area contributed by atoms with Gasteiger partial charge in [0.1, 0.15) is 5.82 Å². The molecule has 0 radical (unpaired) electrons. The number of halogens is 1. The minimum atomic E-state index is 0.341. The van der Waals surface area contributed by atoms with Crippen LogP contribution in [0, 0.1) is 0 Å². The molecular formula is C18H18BrN5. The monoisotopic (exact) mass is 383 g/mol. The van der Waals surface area contributed by atoms with Crippen LogP contribution in [0.25, 0.3) is 10.8 Å². The standard InChI is InChI=1S/C18H18BrN5/c19-12-5-6-13-11(9-12)7-8-21-16(13)10-22-17-14-3-1-2-4-15(14)23-18(20)24-17/h5-9H,1-4,10H2,(H3,20,22,23,24). The van der Waals surface area contributed by atoms with Gasteiger partial charge >= 0.3 is 0 Å². The van der Waals surface area contributed by atoms with Crippen LogP contribution in [0.1, 0.15) is 29.8 Å². The summed E-state index contributed by atoms with van der Waals surface area (Å²) in [5.41, 5.74) is 9.17. The molecule has 0 amide bonds.